The number of benzene rings is 2. The molecule has 29 heavy (non-hydrogen) atoms. The number of carbonyl (C=O) groups excluding carboxylic acids is 1. The zero-order valence-corrected chi connectivity index (χ0v) is 16.4. The predicted octanol–water partition coefficient (Wildman–Crippen LogP) is 3.88. The van der Waals surface area contributed by atoms with Gasteiger partial charge in [0.25, 0.3) is 0 Å². The number of methoxy groups -OCH3 is 1. The monoisotopic (exact) mass is 396 g/mol. The average Bonchev–Trinajstić information content (AvgIpc) is 3.15. The van der Waals surface area contributed by atoms with Crippen molar-refractivity contribution in [2.75, 3.05) is 14.2 Å². The summed E-state index contributed by atoms with van der Waals surface area (Å²) in [6.07, 6.45) is 2.58. The molecule has 2 aromatic carbocycles. The van der Waals surface area contributed by atoms with E-state index in [2.05, 4.69) is 10.3 Å². The topological polar surface area (TPSA) is 69.5 Å². The SMILES string of the molecule is CO/N=C(/C(=O)OC)c1ccccc1CO/N=C(\C)C1=Cc2ccc(F)cc2C1. The third-order valence-corrected chi connectivity index (χ3v) is 4.54. The summed E-state index contributed by atoms with van der Waals surface area (Å²) >= 11 is 0. The van der Waals surface area contributed by atoms with Gasteiger partial charge >= 0.3 is 5.97 Å². The van der Waals surface area contributed by atoms with E-state index >= 15 is 0 Å². The molecule has 0 radical (unpaired) electrons. The number of fused-ring (bicyclic) bond motifs is 1. The molecule has 0 fully saturated rings. The van der Waals surface area contributed by atoms with Crippen molar-refractivity contribution < 1.29 is 23.6 Å². The highest BCUT2D eigenvalue weighted by atomic mass is 19.1. The Morgan fingerprint density at radius 1 is 1.14 bits per heavy atom. The zero-order valence-electron chi connectivity index (χ0n) is 16.4. The Hall–Kier alpha value is -3.48. The molecule has 0 saturated carbocycles. The number of ether oxygens (including phenoxy) is 1. The van der Waals surface area contributed by atoms with E-state index in [-0.39, 0.29) is 18.1 Å². The molecule has 2 aromatic rings. The molecule has 0 N–H and O–H groups in total. The predicted molar refractivity (Wildman–Crippen MR) is 108 cm³/mol. The second-order valence-corrected chi connectivity index (χ2v) is 6.41. The van der Waals surface area contributed by atoms with Crippen molar-refractivity contribution in [1.29, 1.82) is 0 Å². The molecule has 0 saturated heterocycles. The molecule has 6 nitrogen and oxygen atoms in total. The molecule has 0 spiro atoms. The molecule has 7 heteroatoms. The molecule has 0 unspecified atom stereocenters. The van der Waals surface area contributed by atoms with Gasteiger partial charge in [-0.3, -0.25) is 0 Å². The molecule has 0 amide bonds. The van der Waals surface area contributed by atoms with E-state index in [1.807, 2.05) is 25.1 Å². The Kier molecular flexibility index (Phi) is 6.39. The zero-order chi connectivity index (χ0) is 20.8. The second kappa shape index (κ2) is 9.14. The van der Waals surface area contributed by atoms with Crippen LogP contribution in [0, 0.1) is 5.82 Å². The number of oxime groups is 2. The maximum atomic E-state index is 13.4. The summed E-state index contributed by atoms with van der Waals surface area (Å²) in [6, 6.07) is 11.9. The maximum Gasteiger partial charge on any atom is 0.360 e. The third-order valence-electron chi connectivity index (χ3n) is 4.54. The number of nitrogens with zero attached hydrogens (tertiary/aromatic N) is 2. The van der Waals surface area contributed by atoms with Crippen LogP contribution in [0.1, 0.15) is 29.2 Å². The van der Waals surface area contributed by atoms with Crippen molar-refractivity contribution in [3.05, 3.63) is 76.1 Å². The van der Waals surface area contributed by atoms with Crippen LogP contribution in [0.5, 0.6) is 0 Å². The summed E-state index contributed by atoms with van der Waals surface area (Å²) in [5.41, 5.74) is 4.88. The van der Waals surface area contributed by atoms with Gasteiger partial charge in [-0.1, -0.05) is 40.6 Å². The smallest absolute Gasteiger partial charge is 0.360 e. The van der Waals surface area contributed by atoms with Gasteiger partial charge in [0, 0.05) is 17.5 Å². The third kappa shape index (κ3) is 4.68. The van der Waals surface area contributed by atoms with Gasteiger partial charge in [-0.2, -0.15) is 0 Å². The molecule has 3 rings (SSSR count). The standard InChI is InChI=1S/C22H21FN2O4/c1-14(17-10-15-8-9-19(23)12-18(15)11-17)24-29-13-16-6-4-5-7-20(16)21(25-28-3)22(26)27-2/h4-10,12H,11,13H2,1-3H3/b24-14+,25-21+. The van der Waals surface area contributed by atoms with E-state index in [1.165, 1.54) is 26.4 Å². The van der Waals surface area contributed by atoms with Crippen LogP contribution < -0.4 is 0 Å². The highest BCUT2D eigenvalue weighted by Crippen LogP contribution is 2.26. The van der Waals surface area contributed by atoms with E-state index < -0.39 is 5.97 Å². The van der Waals surface area contributed by atoms with E-state index in [9.17, 15) is 9.18 Å². The van der Waals surface area contributed by atoms with E-state index in [4.69, 9.17) is 14.4 Å². The molecule has 0 aliphatic heterocycles. The fourth-order valence-electron chi connectivity index (χ4n) is 3.06. The van der Waals surface area contributed by atoms with Gasteiger partial charge in [0.1, 0.15) is 19.5 Å². The Morgan fingerprint density at radius 2 is 1.93 bits per heavy atom. The number of hydrogen-bond acceptors (Lipinski definition) is 6. The average molecular weight is 396 g/mol. The highest BCUT2D eigenvalue weighted by molar-refractivity contribution is 6.43. The summed E-state index contributed by atoms with van der Waals surface area (Å²) in [5, 5.41) is 7.96. The summed E-state index contributed by atoms with van der Waals surface area (Å²) < 4.78 is 18.2. The highest BCUT2D eigenvalue weighted by Gasteiger charge is 2.19. The molecule has 0 bridgehead atoms. The number of hydrogen-bond donors (Lipinski definition) is 0. The normalized spacial score (nSPS) is 13.6. The maximum absolute atomic E-state index is 13.4. The van der Waals surface area contributed by atoms with Gasteiger partial charge in [-0.05, 0) is 41.8 Å². The molecule has 1 aliphatic carbocycles. The van der Waals surface area contributed by atoms with Crippen LogP contribution in [0.2, 0.25) is 0 Å². The first-order chi connectivity index (χ1) is 14.0. The Bertz CT molecular complexity index is 1010. The van der Waals surface area contributed by atoms with Gasteiger partial charge in [0.15, 0.2) is 5.71 Å². The molecule has 0 heterocycles. The van der Waals surface area contributed by atoms with Crippen LogP contribution in [0.25, 0.3) is 6.08 Å². The van der Waals surface area contributed by atoms with Gasteiger partial charge in [-0.15, -0.1) is 0 Å². The van der Waals surface area contributed by atoms with Crippen LogP contribution in [0.3, 0.4) is 0 Å². The lowest BCUT2D eigenvalue weighted by Crippen LogP contribution is -2.19. The van der Waals surface area contributed by atoms with Crippen molar-refractivity contribution in [3.63, 3.8) is 0 Å². The van der Waals surface area contributed by atoms with Crippen molar-refractivity contribution in [1.82, 2.24) is 0 Å². The first kappa shape index (κ1) is 20.3. The van der Waals surface area contributed by atoms with E-state index in [0.717, 1.165) is 16.7 Å². The minimum Gasteiger partial charge on any atom is -0.464 e. The quantitative estimate of drug-likeness (QED) is 0.405. The Morgan fingerprint density at radius 3 is 2.69 bits per heavy atom. The fourth-order valence-corrected chi connectivity index (χ4v) is 3.06. The lowest BCUT2D eigenvalue weighted by Gasteiger charge is -2.10. The van der Waals surface area contributed by atoms with Crippen molar-refractivity contribution in [2.45, 2.75) is 20.0 Å². The first-order valence-corrected chi connectivity index (χ1v) is 8.97. The van der Waals surface area contributed by atoms with E-state index in [0.29, 0.717) is 23.3 Å². The summed E-state index contributed by atoms with van der Waals surface area (Å²) in [5.74, 6) is -0.861. The summed E-state index contributed by atoms with van der Waals surface area (Å²) in [6.45, 7) is 1.97. The van der Waals surface area contributed by atoms with Crippen LogP contribution in [0.15, 0.2) is 58.3 Å². The van der Waals surface area contributed by atoms with Gasteiger partial charge in [-0.25, -0.2) is 9.18 Å². The minimum absolute atomic E-state index is 0.0471. The summed E-state index contributed by atoms with van der Waals surface area (Å²) in [7, 11) is 2.63. The van der Waals surface area contributed by atoms with Crippen LogP contribution in [-0.4, -0.2) is 31.6 Å². The first-order valence-electron chi connectivity index (χ1n) is 8.97. The number of carbonyl (C=O) groups is 1. The largest absolute Gasteiger partial charge is 0.464 e. The number of rotatable bonds is 7. The van der Waals surface area contributed by atoms with Gasteiger partial charge in [0.2, 0.25) is 0 Å². The van der Waals surface area contributed by atoms with Crippen LogP contribution >= 0.6 is 0 Å². The minimum atomic E-state index is -0.611. The molecule has 0 aromatic heterocycles. The van der Waals surface area contributed by atoms with Gasteiger partial charge < -0.3 is 14.4 Å². The Balaban J connectivity index is 1.73. The van der Waals surface area contributed by atoms with Crippen molar-refractivity contribution >= 4 is 23.5 Å². The second-order valence-electron chi connectivity index (χ2n) is 6.41. The number of allylic oxidation sites excluding steroid dienone is 1. The van der Waals surface area contributed by atoms with Crippen molar-refractivity contribution in [2.24, 2.45) is 10.3 Å². The van der Waals surface area contributed by atoms with Crippen molar-refractivity contribution in [3.8, 4) is 0 Å². The van der Waals surface area contributed by atoms with E-state index in [1.54, 1.807) is 18.2 Å². The van der Waals surface area contributed by atoms with Crippen LogP contribution in [0.4, 0.5) is 4.39 Å². The molecule has 1 aliphatic rings. The molecule has 0 atom stereocenters. The Labute approximate surface area is 168 Å². The fraction of sp³-hybridized carbons (Fsp3) is 0.227. The lowest BCUT2D eigenvalue weighted by molar-refractivity contribution is -0.132. The number of halogens is 1. The number of esters is 1. The summed E-state index contributed by atoms with van der Waals surface area (Å²) in [4.78, 5) is 22.3. The molecular weight excluding hydrogens is 375 g/mol. The molecular formula is C22H21FN2O4. The molecule has 150 valence electrons. The van der Waals surface area contributed by atoms with Crippen LogP contribution in [-0.2, 0) is 32.2 Å². The van der Waals surface area contributed by atoms with Gasteiger partial charge in [0.05, 0.1) is 12.8 Å². The lowest BCUT2D eigenvalue weighted by atomic mass is 10.0.